The molecule has 2 heteroatoms. The Morgan fingerprint density at radius 3 is 1.08 bits per heavy atom. The molecule has 0 heterocycles. The third-order valence-corrected chi connectivity index (χ3v) is 9.21. The van der Waals surface area contributed by atoms with Gasteiger partial charge in [0.1, 0.15) is 0 Å². The Morgan fingerprint density at radius 2 is 0.684 bits per heavy atom. The quantitative estimate of drug-likeness (QED) is 0.0836. The molecule has 0 aliphatic rings. The molecule has 0 aliphatic heterocycles. The van der Waals surface area contributed by atoms with Gasteiger partial charge in [0.2, 0.25) is 0 Å². The summed E-state index contributed by atoms with van der Waals surface area (Å²) < 4.78 is 0. The van der Waals surface area contributed by atoms with Gasteiger partial charge in [0, 0.05) is 13.2 Å². The number of unbranched alkanes of at least 4 members (excludes halogenated alkanes) is 20. The zero-order valence-corrected chi connectivity index (χ0v) is 26.8. The van der Waals surface area contributed by atoms with Crippen LogP contribution in [0, 0.1) is 17.8 Å². The third kappa shape index (κ3) is 24.9. The molecule has 0 aromatic rings. The molecule has 230 valence electrons. The lowest BCUT2D eigenvalue weighted by Crippen LogP contribution is -2.23. The van der Waals surface area contributed by atoms with Gasteiger partial charge >= 0.3 is 0 Å². The van der Waals surface area contributed by atoms with Crippen LogP contribution in [-0.4, -0.2) is 23.4 Å². The van der Waals surface area contributed by atoms with E-state index >= 15 is 0 Å². The summed E-state index contributed by atoms with van der Waals surface area (Å²) in [5, 5.41) is 18.1. The molecular formula is C36H74O2. The van der Waals surface area contributed by atoms with Gasteiger partial charge in [0.25, 0.3) is 0 Å². The van der Waals surface area contributed by atoms with Crippen molar-refractivity contribution in [3.63, 3.8) is 0 Å². The van der Waals surface area contributed by atoms with Crippen LogP contribution in [0.3, 0.4) is 0 Å². The topological polar surface area (TPSA) is 40.5 Å². The summed E-state index contributed by atoms with van der Waals surface area (Å²) in [5.41, 5.74) is 0. The standard InChI is InChI=1S/C36H74O2/c1-4-6-8-10-11-17-23-29-35(30-24-18-12-14-20-26-32-37)36(31-25-19-13-15-21-27-33-38)34(3)28-22-16-9-7-5-2/h34-38H,4-33H2,1-3H3. The van der Waals surface area contributed by atoms with Crippen molar-refractivity contribution in [3.8, 4) is 0 Å². The van der Waals surface area contributed by atoms with E-state index in [0.717, 1.165) is 30.6 Å². The van der Waals surface area contributed by atoms with E-state index in [1.54, 1.807) is 0 Å². The second-order valence-corrected chi connectivity index (χ2v) is 12.8. The van der Waals surface area contributed by atoms with Crippen LogP contribution in [-0.2, 0) is 0 Å². The largest absolute Gasteiger partial charge is 0.396 e. The molecule has 38 heavy (non-hydrogen) atoms. The molecule has 2 N–H and O–H groups in total. The molecule has 3 unspecified atom stereocenters. The van der Waals surface area contributed by atoms with Crippen LogP contribution < -0.4 is 0 Å². The van der Waals surface area contributed by atoms with E-state index in [1.165, 1.54) is 167 Å². The fourth-order valence-corrected chi connectivity index (χ4v) is 6.63. The van der Waals surface area contributed by atoms with Crippen LogP contribution in [0.4, 0.5) is 0 Å². The Hall–Kier alpha value is -0.0800. The minimum Gasteiger partial charge on any atom is -0.396 e. The number of aliphatic hydroxyl groups excluding tert-OH is 2. The first-order valence-corrected chi connectivity index (χ1v) is 17.9. The van der Waals surface area contributed by atoms with E-state index in [0.29, 0.717) is 13.2 Å². The molecule has 0 saturated heterocycles. The maximum atomic E-state index is 9.06. The predicted octanol–water partition coefficient (Wildman–Crippen LogP) is 11.8. The molecule has 0 amide bonds. The SMILES string of the molecule is CCCCCCCCCC(CCCCCCCCO)C(CCCCCCCCO)C(C)CCCCCCC. The maximum Gasteiger partial charge on any atom is 0.0431 e. The van der Waals surface area contributed by atoms with E-state index < -0.39 is 0 Å². The van der Waals surface area contributed by atoms with Crippen LogP contribution in [0.1, 0.15) is 201 Å². The van der Waals surface area contributed by atoms with Crippen LogP contribution in [0.2, 0.25) is 0 Å². The second kappa shape index (κ2) is 31.4. The second-order valence-electron chi connectivity index (χ2n) is 12.8. The van der Waals surface area contributed by atoms with Gasteiger partial charge < -0.3 is 10.2 Å². The fraction of sp³-hybridized carbons (Fsp3) is 1.00. The fourth-order valence-electron chi connectivity index (χ4n) is 6.63. The lowest BCUT2D eigenvalue weighted by molar-refractivity contribution is 0.177. The summed E-state index contributed by atoms with van der Waals surface area (Å²) in [4.78, 5) is 0. The summed E-state index contributed by atoms with van der Waals surface area (Å²) in [7, 11) is 0. The van der Waals surface area contributed by atoms with Crippen molar-refractivity contribution in [2.24, 2.45) is 17.8 Å². The van der Waals surface area contributed by atoms with Crippen molar-refractivity contribution in [1.82, 2.24) is 0 Å². The Morgan fingerprint density at radius 1 is 0.368 bits per heavy atom. The molecule has 0 saturated carbocycles. The molecule has 0 bridgehead atoms. The Balaban J connectivity index is 4.89. The Bertz CT molecular complexity index is 406. The molecular weight excluding hydrogens is 464 g/mol. The van der Waals surface area contributed by atoms with Gasteiger partial charge in [-0.05, 0) is 37.0 Å². The van der Waals surface area contributed by atoms with Gasteiger partial charge in [-0.1, -0.05) is 181 Å². The zero-order chi connectivity index (χ0) is 27.9. The lowest BCUT2D eigenvalue weighted by atomic mass is 9.73. The summed E-state index contributed by atoms with van der Waals surface area (Å²) in [6, 6.07) is 0. The van der Waals surface area contributed by atoms with Crippen molar-refractivity contribution in [2.75, 3.05) is 13.2 Å². The van der Waals surface area contributed by atoms with Gasteiger partial charge in [-0.2, -0.15) is 0 Å². The average molecular weight is 539 g/mol. The normalized spacial score (nSPS) is 14.1. The van der Waals surface area contributed by atoms with Gasteiger partial charge in [-0.25, -0.2) is 0 Å². The third-order valence-electron chi connectivity index (χ3n) is 9.21. The minimum atomic E-state index is 0.361. The van der Waals surface area contributed by atoms with Gasteiger partial charge in [-0.3, -0.25) is 0 Å². The zero-order valence-electron chi connectivity index (χ0n) is 26.8. The highest BCUT2D eigenvalue weighted by Crippen LogP contribution is 2.37. The highest BCUT2D eigenvalue weighted by molar-refractivity contribution is 4.76. The first kappa shape index (κ1) is 37.9. The van der Waals surface area contributed by atoms with Crippen LogP contribution in [0.5, 0.6) is 0 Å². The van der Waals surface area contributed by atoms with Crippen molar-refractivity contribution in [3.05, 3.63) is 0 Å². The molecule has 0 aromatic carbocycles. The lowest BCUT2D eigenvalue weighted by Gasteiger charge is -2.33. The Kier molecular flexibility index (Phi) is 31.4. The molecule has 2 nitrogen and oxygen atoms in total. The van der Waals surface area contributed by atoms with Crippen LogP contribution in [0.25, 0.3) is 0 Å². The number of hydrogen-bond donors (Lipinski definition) is 2. The van der Waals surface area contributed by atoms with E-state index in [4.69, 9.17) is 10.2 Å². The van der Waals surface area contributed by atoms with E-state index in [-0.39, 0.29) is 0 Å². The number of rotatable bonds is 32. The van der Waals surface area contributed by atoms with Crippen LogP contribution in [0.15, 0.2) is 0 Å². The van der Waals surface area contributed by atoms with Gasteiger partial charge in [0.05, 0.1) is 0 Å². The molecule has 0 rings (SSSR count). The summed E-state index contributed by atoms with van der Waals surface area (Å²) in [6.07, 6.45) is 38.2. The van der Waals surface area contributed by atoms with Gasteiger partial charge in [-0.15, -0.1) is 0 Å². The average Bonchev–Trinajstić information content (AvgIpc) is 2.92. The van der Waals surface area contributed by atoms with Crippen LogP contribution >= 0.6 is 0 Å². The van der Waals surface area contributed by atoms with Gasteiger partial charge in [0.15, 0.2) is 0 Å². The molecule has 0 aliphatic carbocycles. The predicted molar refractivity (Wildman–Crippen MR) is 171 cm³/mol. The molecule has 0 spiro atoms. The monoisotopic (exact) mass is 539 g/mol. The van der Waals surface area contributed by atoms with E-state index in [1.807, 2.05) is 0 Å². The van der Waals surface area contributed by atoms with Crippen molar-refractivity contribution >= 4 is 0 Å². The molecule has 0 aromatic heterocycles. The minimum absolute atomic E-state index is 0.361. The smallest absolute Gasteiger partial charge is 0.0431 e. The van der Waals surface area contributed by atoms with E-state index in [2.05, 4.69) is 20.8 Å². The highest BCUT2D eigenvalue weighted by atomic mass is 16.3. The summed E-state index contributed by atoms with van der Waals surface area (Å²) >= 11 is 0. The van der Waals surface area contributed by atoms with Crippen molar-refractivity contribution < 1.29 is 10.2 Å². The molecule has 0 radical (unpaired) electrons. The number of aliphatic hydroxyl groups is 2. The Labute approximate surface area is 241 Å². The first-order valence-electron chi connectivity index (χ1n) is 17.9. The maximum absolute atomic E-state index is 9.06. The first-order chi connectivity index (χ1) is 18.7. The van der Waals surface area contributed by atoms with Crippen molar-refractivity contribution in [2.45, 2.75) is 201 Å². The molecule has 0 fully saturated rings. The summed E-state index contributed by atoms with van der Waals surface area (Å²) in [6.45, 7) is 7.97. The summed E-state index contributed by atoms with van der Waals surface area (Å²) in [5.74, 6) is 2.74. The van der Waals surface area contributed by atoms with Crippen molar-refractivity contribution in [1.29, 1.82) is 0 Å². The number of hydrogen-bond acceptors (Lipinski definition) is 2. The van der Waals surface area contributed by atoms with E-state index in [9.17, 15) is 0 Å². The molecule has 3 atom stereocenters. The highest BCUT2D eigenvalue weighted by Gasteiger charge is 2.25.